The molecular formula is C14H17N3O2. The zero-order valence-corrected chi connectivity index (χ0v) is 10.9. The molecule has 0 aliphatic heterocycles. The highest BCUT2D eigenvalue weighted by atomic mass is 16.5. The highest BCUT2D eigenvalue weighted by molar-refractivity contribution is 5.28. The molecule has 1 aromatic carbocycles. The van der Waals surface area contributed by atoms with E-state index >= 15 is 0 Å². The lowest BCUT2D eigenvalue weighted by molar-refractivity contribution is 0.242. The van der Waals surface area contributed by atoms with E-state index in [1.54, 1.807) is 0 Å². The fourth-order valence-electron chi connectivity index (χ4n) is 1.93. The Morgan fingerprint density at radius 2 is 2.32 bits per heavy atom. The van der Waals surface area contributed by atoms with Gasteiger partial charge in [0.25, 0.3) is 5.89 Å². The van der Waals surface area contributed by atoms with Gasteiger partial charge in [-0.25, -0.2) is 0 Å². The standard InChI is InChI=1S/C14H17N3O2/c1-15-8-10-3-2-4-12(7-10)18-9-13-16-14(17-19-13)11-5-6-11/h2-4,7,11,15H,5-6,8-9H2,1H3. The molecule has 0 unspecified atom stereocenters. The third-order valence-corrected chi connectivity index (χ3v) is 3.07. The van der Waals surface area contributed by atoms with Crippen molar-refractivity contribution in [2.45, 2.75) is 31.9 Å². The first-order valence-corrected chi connectivity index (χ1v) is 6.54. The molecule has 0 spiro atoms. The molecule has 1 heterocycles. The Bertz CT molecular complexity index is 549. The van der Waals surface area contributed by atoms with Crippen molar-refractivity contribution in [3.63, 3.8) is 0 Å². The van der Waals surface area contributed by atoms with E-state index in [0.29, 0.717) is 18.4 Å². The molecular weight excluding hydrogens is 242 g/mol. The van der Waals surface area contributed by atoms with E-state index in [4.69, 9.17) is 9.26 Å². The van der Waals surface area contributed by atoms with Crippen molar-refractivity contribution in [2.24, 2.45) is 0 Å². The maximum absolute atomic E-state index is 5.67. The van der Waals surface area contributed by atoms with Crippen LogP contribution in [-0.4, -0.2) is 17.2 Å². The van der Waals surface area contributed by atoms with Gasteiger partial charge in [-0.05, 0) is 37.6 Å². The SMILES string of the molecule is CNCc1cccc(OCc2nc(C3CC3)no2)c1. The lowest BCUT2D eigenvalue weighted by Gasteiger charge is -2.05. The summed E-state index contributed by atoms with van der Waals surface area (Å²) in [6, 6.07) is 7.97. The second-order valence-corrected chi connectivity index (χ2v) is 4.79. The van der Waals surface area contributed by atoms with Crippen LogP contribution in [0.3, 0.4) is 0 Å². The van der Waals surface area contributed by atoms with Gasteiger partial charge in [0.1, 0.15) is 5.75 Å². The smallest absolute Gasteiger partial charge is 0.264 e. The van der Waals surface area contributed by atoms with Gasteiger partial charge >= 0.3 is 0 Å². The first-order chi connectivity index (χ1) is 9.35. The summed E-state index contributed by atoms with van der Waals surface area (Å²) in [6.07, 6.45) is 2.35. The van der Waals surface area contributed by atoms with Crippen molar-refractivity contribution < 1.29 is 9.26 Å². The number of nitrogens with one attached hydrogen (secondary N) is 1. The second-order valence-electron chi connectivity index (χ2n) is 4.79. The number of hydrogen-bond donors (Lipinski definition) is 1. The van der Waals surface area contributed by atoms with Crippen LogP contribution < -0.4 is 10.1 Å². The predicted molar refractivity (Wildman–Crippen MR) is 69.8 cm³/mol. The largest absolute Gasteiger partial charge is 0.484 e. The molecule has 100 valence electrons. The Morgan fingerprint density at radius 3 is 3.11 bits per heavy atom. The van der Waals surface area contributed by atoms with Crippen molar-refractivity contribution in [1.29, 1.82) is 0 Å². The molecule has 1 N–H and O–H groups in total. The molecule has 5 nitrogen and oxygen atoms in total. The van der Waals surface area contributed by atoms with Crippen molar-refractivity contribution >= 4 is 0 Å². The van der Waals surface area contributed by atoms with Crippen LogP contribution in [0, 0.1) is 0 Å². The second kappa shape index (κ2) is 5.40. The van der Waals surface area contributed by atoms with Crippen LogP contribution in [0.5, 0.6) is 5.75 Å². The molecule has 0 amide bonds. The van der Waals surface area contributed by atoms with E-state index in [-0.39, 0.29) is 0 Å². The Hall–Kier alpha value is -1.88. The van der Waals surface area contributed by atoms with Crippen LogP contribution >= 0.6 is 0 Å². The van der Waals surface area contributed by atoms with Gasteiger partial charge in [0.05, 0.1) is 0 Å². The van der Waals surface area contributed by atoms with Gasteiger partial charge in [0.2, 0.25) is 0 Å². The van der Waals surface area contributed by atoms with E-state index in [1.165, 1.54) is 18.4 Å². The van der Waals surface area contributed by atoms with Gasteiger partial charge in [0, 0.05) is 12.5 Å². The summed E-state index contributed by atoms with van der Waals surface area (Å²) in [7, 11) is 1.92. The first-order valence-electron chi connectivity index (χ1n) is 6.54. The number of benzene rings is 1. The lowest BCUT2D eigenvalue weighted by atomic mass is 10.2. The molecule has 1 aliphatic carbocycles. The number of ether oxygens (including phenoxy) is 1. The van der Waals surface area contributed by atoms with Crippen LogP contribution in [0.1, 0.15) is 36.0 Å². The molecule has 0 radical (unpaired) electrons. The molecule has 0 atom stereocenters. The lowest BCUT2D eigenvalue weighted by Crippen LogP contribution is -2.05. The van der Waals surface area contributed by atoms with Gasteiger partial charge in [-0.15, -0.1) is 0 Å². The summed E-state index contributed by atoms with van der Waals surface area (Å²) < 4.78 is 10.8. The molecule has 19 heavy (non-hydrogen) atoms. The summed E-state index contributed by atoms with van der Waals surface area (Å²) in [5.74, 6) is 2.69. The fourth-order valence-corrected chi connectivity index (χ4v) is 1.93. The summed E-state index contributed by atoms with van der Waals surface area (Å²) >= 11 is 0. The summed E-state index contributed by atoms with van der Waals surface area (Å²) in [5.41, 5.74) is 1.18. The minimum absolute atomic E-state index is 0.322. The van der Waals surface area contributed by atoms with Gasteiger partial charge < -0.3 is 14.6 Å². The molecule has 1 aromatic heterocycles. The topological polar surface area (TPSA) is 60.2 Å². The molecule has 2 aromatic rings. The maximum Gasteiger partial charge on any atom is 0.264 e. The Labute approximate surface area is 112 Å². The van der Waals surface area contributed by atoms with Gasteiger partial charge in [-0.3, -0.25) is 0 Å². The highest BCUT2D eigenvalue weighted by Crippen LogP contribution is 2.38. The normalized spacial score (nSPS) is 14.6. The average Bonchev–Trinajstić information content (AvgIpc) is 3.17. The van der Waals surface area contributed by atoms with Crippen LogP contribution in [0.25, 0.3) is 0 Å². The minimum atomic E-state index is 0.322. The van der Waals surface area contributed by atoms with Crippen molar-refractivity contribution in [3.05, 3.63) is 41.5 Å². The quantitative estimate of drug-likeness (QED) is 0.862. The van der Waals surface area contributed by atoms with Crippen molar-refractivity contribution in [1.82, 2.24) is 15.5 Å². The zero-order valence-electron chi connectivity index (χ0n) is 10.9. The number of rotatable bonds is 6. The van der Waals surface area contributed by atoms with E-state index in [1.807, 2.05) is 25.2 Å². The van der Waals surface area contributed by atoms with Crippen molar-refractivity contribution in [3.8, 4) is 5.75 Å². The van der Waals surface area contributed by atoms with Crippen molar-refractivity contribution in [2.75, 3.05) is 7.05 Å². The van der Waals surface area contributed by atoms with E-state index < -0.39 is 0 Å². The third-order valence-electron chi connectivity index (χ3n) is 3.07. The predicted octanol–water partition coefficient (Wildman–Crippen LogP) is 2.25. The first kappa shape index (κ1) is 12.2. The van der Waals surface area contributed by atoms with E-state index in [0.717, 1.165) is 18.1 Å². The summed E-state index contributed by atoms with van der Waals surface area (Å²) in [4.78, 5) is 4.33. The third kappa shape index (κ3) is 3.12. The Balaban J connectivity index is 1.59. The number of nitrogens with zero attached hydrogens (tertiary/aromatic N) is 2. The minimum Gasteiger partial charge on any atom is -0.484 e. The van der Waals surface area contributed by atoms with E-state index in [2.05, 4.69) is 21.5 Å². The average molecular weight is 259 g/mol. The van der Waals surface area contributed by atoms with Gasteiger partial charge in [-0.1, -0.05) is 17.3 Å². The van der Waals surface area contributed by atoms with Crippen LogP contribution in [-0.2, 0) is 13.2 Å². The molecule has 5 heteroatoms. The molecule has 0 bridgehead atoms. The zero-order chi connectivity index (χ0) is 13.1. The van der Waals surface area contributed by atoms with Gasteiger partial charge in [0.15, 0.2) is 12.4 Å². The Kier molecular flexibility index (Phi) is 3.46. The van der Waals surface area contributed by atoms with Crippen LogP contribution in [0.15, 0.2) is 28.8 Å². The summed E-state index contributed by atoms with van der Waals surface area (Å²) in [6.45, 7) is 1.15. The fraction of sp³-hybridized carbons (Fsp3) is 0.429. The molecule has 3 rings (SSSR count). The van der Waals surface area contributed by atoms with Crippen LogP contribution in [0.2, 0.25) is 0 Å². The van der Waals surface area contributed by atoms with E-state index in [9.17, 15) is 0 Å². The number of hydrogen-bond acceptors (Lipinski definition) is 5. The van der Waals surface area contributed by atoms with Gasteiger partial charge in [-0.2, -0.15) is 4.98 Å². The summed E-state index contributed by atoms with van der Waals surface area (Å²) in [5, 5.41) is 7.07. The monoisotopic (exact) mass is 259 g/mol. The molecule has 0 saturated heterocycles. The molecule has 1 aliphatic rings. The van der Waals surface area contributed by atoms with Crippen LogP contribution in [0.4, 0.5) is 0 Å². The number of aromatic nitrogens is 2. The highest BCUT2D eigenvalue weighted by Gasteiger charge is 2.28. The Morgan fingerprint density at radius 1 is 1.42 bits per heavy atom. The molecule has 1 saturated carbocycles. The molecule has 1 fully saturated rings. The maximum atomic E-state index is 5.67.